The van der Waals surface area contributed by atoms with Crippen LogP contribution in [-0.4, -0.2) is 52.1 Å². The van der Waals surface area contributed by atoms with Gasteiger partial charge in [0.05, 0.1) is 5.71 Å². The van der Waals surface area contributed by atoms with Gasteiger partial charge in [-0.25, -0.2) is 0 Å². The first-order valence-electron chi connectivity index (χ1n) is 10.2. The van der Waals surface area contributed by atoms with E-state index in [-0.39, 0.29) is 11.3 Å². The Kier molecular flexibility index (Phi) is 6.66. The van der Waals surface area contributed by atoms with E-state index in [2.05, 4.69) is 5.10 Å². The number of rotatable bonds is 6. The first kappa shape index (κ1) is 26.5. The molecule has 0 bridgehead atoms. The third kappa shape index (κ3) is 4.46. The lowest BCUT2D eigenvalue weighted by molar-refractivity contribution is -0.401. The molecule has 0 aliphatic carbocycles. The van der Waals surface area contributed by atoms with Crippen LogP contribution in [0, 0.1) is 20.8 Å². The van der Waals surface area contributed by atoms with E-state index in [9.17, 15) is 40.6 Å². The second-order valence-corrected chi connectivity index (χ2v) is 8.27. The summed E-state index contributed by atoms with van der Waals surface area (Å²) in [7, 11) is 0. The van der Waals surface area contributed by atoms with Crippen molar-refractivity contribution in [1.82, 2.24) is 5.01 Å². The van der Waals surface area contributed by atoms with Gasteiger partial charge in [-0.2, -0.15) is 40.8 Å². The van der Waals surface area contributed by atoms with Crippen LogP contribution in [0.25, 0.3) is 0 Å². The second-order valence-electron chi connectivity index (χ2n) is 8.27. The van der Waals surface area contributed by atoms with Gasteiger partial charge in [-0.05, 0) is 37.5 Å². The van der Waals surface area contributed by atoms with Crippen molar-refractivity contribution in [2.75, 3.05) is 6.61 Å². The van der Waals surface area contributed by atoms with Crippen LogP contribution in [0.1, 0.15) is 28.7 Å². The molecule has 0 saturated carbocycles. The molecule has 5 nitrogen and oxygen atoms in total. The van der Waals surface area contributed by atoms with Crippen molar-refractivity contribution < 1.29 is 45.4 Å². The fourth-order valence-corrected chi connectivity index (χ4v) is 3.86. The normalized spacial score (nSPS) is 19.1. The number of nitrogens with zero attached hydrogens (tertiary/aromatic N) is 2. The summed E-state index contributed by atoms with van der Waals surface area (Å²) < 4.78 is 101. The van der Waals surface area contributed by atoms with Crippen molar-refractivity contribution in [2.24, 2.45) is 5.10 Å². The molecule has 35 heavy (non-hydrogen) atoms. The largest absolute Gasteiger partial charge is 0.483 e. The van der Waals surface area contributed by atoms with Gasteiger partial charge in [-0.15, -0.1) is 0 Å². The maximum absolute atomic E-state index is 14.8. The molecule has 0 fully saturated rings. The summed E-state index contributed by atoms with van der Waals surface area (Å²) in [6.45, 7) is 4.00. The number of aliphatic hydroxyl groups is 1. The van der Waals surface area contributed by atoms with Gasteiger partial charge in [0.15, 0.2) is 6.61 Å². The number of aryl methyl sites for hydroxylation is 3. The Morgan fingerprint density at radius 1 is 1.03 bits per heavy atom. The average Bonchev–Trinajstić information content (AvgIpc) is 3.12. The fourth-order valence-electron chi connectivity index (χ4n) is 3.86. The summed E-state index contributed by atoms with van der Waals surface area (Å²) in [4.78, 5) is 12.8. The zero-order valence-electron chi connectivity index (χ0n) is 18.8. The molecule has 1 N–H and O–H groups in total. The predicted octanol–water partition coefficient (Wildman–Crippen LogP) is 5.15. The monoisotopic (exact) mass is 506 g/mol. The minimum Gasteiger partial charge on any atom is -0.483 e. The highest BCUT2D eigenvalue weighted by molar-refractivity contribution is 6.03. The minimum absolute atomic E-state index is 0.0403. The van der Waals surface area contributed by atoms with E-state index in [0.717, 1.165) is 5.56 Å². The van der Waals surface area contributed by atoms with Gasteiger partial charge in [0, 0.05) is 6.42 Å². The molecule has 12 heteroatoms. The van der Waals surface area contributed by atoms with E-state index in [1.807, 2.05) is 0 Å². The van der Waals surface area contributed by atoms with E-state index in [1.165, 1.54) is 30.3 Å². The molecule has 0 aromatic heterocycles. The van der Waals surface area contributed by atoms with Gasteiger partial charge in [0.1, 0.15) is 5.75 Å². The molecule has 3 rings (SSSR count). The number of hydrazone groups is 1. The molecule has 2 aromatic carbocycles. The number of carbonyl (C=O) groups is 1. The van der Waals surface area contributed by atoms with Crippen molar-refractivity contribution in [3.63, 3.8) is 0 Å². The summed E-state index contributed by atoms with van der Waals surface area (Å²) in [5.74, 6) is -14.2. The zero-order valence-corrected chi connectivity index (χ0v) is 18.8. The van der Waals surface area contributed by atoms with E-state index in [0.29, 0.717) is 11.1 Å². The highest BCUT2D eigenvalue weighted by Gasteiger charge is 2.82. The molecule has 0 unspecified atom stereocenters. The van der Waals surface area contributed by atoms with Gasteiger partial charge in [0.25, 0.3) is 5.91 Å². The maximum Gasteiger partial charge on any atom is 0.460 e. The second kappa shape index (κ2) is 8.81. The Labute approximate surface area is 195 Å². The van der Waals surface area contributed by atoms with Crippen molar-refractivity contribution in [2.45, 2.75) is 50.9 Å². The first-order valence-corrected chi connectivity index (χ1v) is 10.2. The number of hydrogen-bond donors (Lipinski definition) is 1. The maximum atomic E-state index is 14.8. The van der Waals surface area contributed by atoms with Gasteiger partial charge < -0.3 is 9.84 Å². The van der Waals surface area contributed by atoms with Crippen molar-refractivity contribution in [3.05, 3.63) is 64.7 Å². The molecule has 1 aliphatic heterocycles. The Morgan fingerprint density at radius 3 is 2.09 bits per heavy atom. The lowest BCUT2D eigenvalue weighted by atomic mass is 9.91. The van der Waals surface area contributed by atoms with Crippen LogP contribution in [-0.2, 0) is 4.79 Å². The third-order valence-electron chi connectivity index (χ3n) is 5.53. The summed E-state index contributed by atoms with van der Waals surface area (Å²) in [5, 5.41) is 13.7. The van der Waals surface area contributed by atoms with Gasteiger partial charge >= 0.3 is 18.0 Å². The Bertz CT molecular complexity index is 1130. The first-order chi connectivity index (χ1) is 16.0. The molecule has 1 amide bonds. The van der Waals surface area contributed by atoms with E-state index in [4.69, 9.17) is 4.74 Å². The van der Waals surface area contributed by atoms with Crippen LogP contribution < -0.4 is 4.74 Å². The number of carbonyl (C=O) groups excluding carboxylic acids is 1. The van der Waals surface area contributed by atoms with Gasteiger partial charge in [-0.1, -0.05) is 48.0 Å². The molecule has 0 spiro atoms. The smallest absolute Gasteiger partial charge is 0.460 e. The number of halogens is 7. The van der Waals surface area contributed by atoms with Crippen LogP contribution in [0.5, 0.6) is 5.75 Å². The molecular weight excluding hydrogens is 485 g/mol. The van der Waals surface area contributed by atoms with Crippen molar-refractivity contribution in [1.29, 1.82) is 0 Å². The summed E-state index contributed by atoms with van der Waals surface area (Å²) >= 11 is 0. The Morgan fingerprint density at radius 2 is 1.57 bits per heavy atom. The topological polar surface area (TPSA) is 62.1 Å². The van der Waals surface area contributed by atoms with Crippen LogP contribution >= 0.6 is 0 Å². The van der Waals surface area contributed by atoms with E-state index >= 15 is 0 Å². The summed E-state index contributed by atoms with van der Waals surface area (Å²) in [6.07, 6.45) is -8.20. The standard InChI is InChI=1S/C23H21F7N2O3/c1-13-9-14(2)19(15(3)10-13)35-12-18(33)32-20(34,21(24,25)22(26,27)23(28,29)30)11-17(31-32)16-7-5-4-6-8-16/h4-10,34H,11-12H2,1-3H3/t20-/m1/s1. The number of amides is 1. The molecule has 1 aliphatic rings. The number of hydrogen-bond acceptors (Lipinski definition) is 4. The van der Waals surface area contributed by atoms with Crippen LogP contribution in [0.4, 0.5) is 30.7 Å². The highest BCUT2D eigenvalue weighted by atomic mass is 19.4. The number of alkyl halides is 7. The Hall–Kier alpha value is -3.15. The molecule has 190 valence electrons. The third-order valence-corrected chi connectivity index (χ3v) is 5.53. The Balaban J connectivity index is 2.01. The lowest BCUT2D eigenvalue weighted by Gasteiger charge is -2.41. The van der Waals surface area contributed by atoms with Crippen molar-refractivity contribution in [3.8, 4) is 5.75 Å². The molecule has 0 saturated heterocycles. The average molecular weight is 506 g/mol. The molecule has 1 atom stereocenters. The molecule has 1 heterocycles. The summed E-state index contributed by atoms with van der Waals surface area (Å²) in [6, 6.07) is 10.4. The summed E-state index contributed by atoms with van der Waals surface area (Å²) in [5.41, 5.74) is -2.78. The van der Waals surface area contributed by atoms with Gasteiger partial charge in [0.2, 0.25) is 5.72 Å². The molecule has 0 radical (unpaired) electrons. The minimum atomic E-state index is -6.72. The van der Waals surface area contributed by atoms with Crippen LogP contribution in [0.15, 0.2) is 47.6 Å². The quantitative estimate of drug-likeness (QED) is 0.552. The molecule has 2 aromatic rings. The number of ether oxygens (including phenoxy) is 1. The molecular formula is C23H21F7N2O3. The van der Waals surface area contributed by atoms with Gasteiger partial charge in [-0.3, -0.25) is 4.79 Å². The van der Waals surface area contributed by atoms with E-state index < -0.39 is 53.4 Å². The SMILES string of the molecule is Cc1cc(C)c(OCC(=O)N2N=C(c3ccccc3)C[C@@]2(O)C(F)(F)C(F)(F)C(F)(F)F)c(C)c1. The van der Waals surface area contributed by atoms with Crippen LogP contribution in [0.2, 0.25) is 0 Å². The van der Waals surface area contributed by atoms with Crippen molar-refractivity contribution >= 4 is 11.6 Å². The predicted molar refractivity (Wildman–Crippen MR) is 111 cm³/mol. The lowest BCUT2D eigenvalue weighted by Crippen LogP contribution is -2.69. The zero-order chi connectivity index (χ0) is 26.4. The highest BCUT2D eigenvalue weighted by Crippen LogP contribution is 2.54. The number of benzene rings is 2. The fraction of sp³-hybridized carbons (Fsp3) is 0.391. The van der Waals surface area contributed by atoms with Crippen LogP contribution in [0.3, 0.4) is 0 Å². The van der Waals surface area contributed by atoms with E-state index in [1.54, 1.807) is 32.9 Å².